The molecular weight excluding hydrogens is 192 g/mol. The largest absolute Gasteiger partial charge is 0.468 e. The van der Waals surface area contributed by atoms with Crippen LogP contribution in [-0.2, 0) is 9.53 Å². The molecule has 0 aromatic carbocycles. The first-order valence-electron chi connectivity index (χ1n) is 5.65. The summed E-state index contributed by atoms with van der Waals surface area (Å²) >= 11 is 0. The van der Waals surface area contributed by atoms with E-state index >= 15 is 0 Å². The van der Waals surface area contributed by atoms with Gasteiger partial charge in [0.1, 0.15) is 6.04 Å². The minimum atomic E-state index is -0.516. The fourth-order valence-electron chi connectivity index (χ4n) is 2.29. The van der Waals surface area contributed by atoms with Crippen LogP contribution in [0.25, 0.3) is 0 Å². The van der Waals surface area contributed by atoms with Gasteiger partial charge in [0, 0.05) is 18.6 Å². The number of esters is 1. The number of ether oxygens (including phenoxy) is 1. The summed E-state index contributed by atoms with van der Waals surface area (Å²) in [7, 11) is 1.38. The smallest absolute Gasteiger partial charge is 0.323 e. The maximum absolute atomic E-state index is 11.2. The van der Waals surface area contributed by atoms with Gasteiger partial charge in [0.05, 0.1) is 7.11 Å². The zero-order valence-electron chi connectivity index (χ0n) is 9.90. The summed E-state index contributed by atoms with van der Waals surface area (Å²) in [5.41, 5.74) is 5.77. The Balaban J connectivity index is 2.50. The Kier molecular flexibility index (Phi) is 4.54. The second-order valence-corrected chi connectivity index (χ2v) is 4.46. The van der Waals surface area contributed by atoms with E-state index in [1.54, 1.807) is 0 Å². The van der Waals surface area contributed by atoms with E-state index in [-0.39, 0.29) is 5.97 Å². The molecule has 2 N–H and O–H groups in total. The Hall–Kier alpha value is -0.610. The minimum absolute atomic E-state index is 0.319. The molecule has 0 saturated carbocycles. The van der Waals surface area contributed by atoms with E-state index in [1.165, 1.54) is 26.4 Å². The van der Waals surface area contributed by atoms with Gasteiger partial charge in [-0.25, -0.2) is 0 Å². The molecule has 3 atom stereocenters. The Labute approximate surface area is 91.8 Å². The van der Waals surface area contributed by atoms with Gasteiger partial charge in [0.2, 0.25) is 0 Å². The van der Waals surface area contributed by atoms with Crippen molar-refractivity contribution in [2.45, 2.75) is 51.2 Å². The average Bonchev–Trinajstić information content (AvgIpc) is 2.22. The van der Waals surface area contributed by atoms with Crippen LogP contribution >= 0.6 is 0 Å². The lowest BCUT2D eigenvalue weighted by Crippen LogP contribution is -2.51. The molecule has 15 heavy (non-hydrogen) atoms. The molecule has 0 spiro atoms. The lowest BCUT2D eigenvalue weighted by Gasteiger charge is -2.39. The van der Waals surface area contributed by atoms with Crippen LogP contribution in [-0.4, -0.2) is 42.6 Å². The zero-order chi connectivity index (χ0) is 11.4. The Bertz CT molecular complexity index is 211. The van der Waals surface area contributed by atoms with Crippen LogP contribution in [0.15, 0.2) is 0 Å². The van der Waals surface area contributed by atoms with E-state index in [4.69, 9.17) is 5.73 Å². The van der Waals surface area contributed by atoms with Crippen LogP contribution in [0.5, 0.6) is 0 Å². The fraction of sp³-hybridized carbons (Fsp3) is 0.909. The van der Waals surface area contributed by atoms with Gasteiger partial charge in [0.25, 0.3) is 0 Å². The van der Waals surface area contributed by atoms with Crippen molar-refractivity contribution >= 4 is 5.97 Å². The second-order valence-electron chi connectivity index (χ2n) is 4.46. The standard InChI is InChI=1S/C11H22N2O2/c1-8-5-4-6-9(2)13(8)7-10(12)11(14)15-3/h8-10H,4-7,12H2,1-3H3/t8-,9+,10?. The number of carbonyl (C=O) groups excluding carboxylic acids is 1. The van der Waals surface area contributed by atoms with Crippen molar-refractivity contribution in [2.24, 2.45) is 5.73 Å². The highest BCUT2D eigenvalue weighted by molar-refractivity contribution is 5.75. The monoisotopic (exact) mass is 214 g/mol. The van der Waals surface area contributed by atoms with E-state index in [0.717, 1.165) is 0 Å². The predicted molar refractivity (Wildman–Crippen MR) is 59.5 cm³/mol. The third-order valence-electron chi connectivity index (χ3n) is 3.29. The number of carbonyl (C=O) groups is 1. The van der Waals surface area contributed by atoms with Crippen LogP contribution in [0.2, 0.25) is 0 Å². The van der Waals surface area contributed by atoms with Crippen molar-refractivity contribution in [3.05, 3.63) is 0 Å². The molecule has 0 bridgehead atoms. The van der Waals surface area contributed by atoms with Crippen LogP contribution in [0, 0.1) is 0 Å². The zero-order valence-corrected chi connectivity index (χ0v) is 9.90. The van der Waals surface area contributed by atoms with Crippen molar-refractivity contribution < 1.29 is 9.53 Å². The maximum Gasteiger partial charge on any atom is 0.323 e. The molecule has 0 aromatic rings. The topological polar surface area (TPSA) is 55.6 Å². The lowest BCUT2D eigenvalue weighted by molar-refractivity contribution is -0.143. The number of hydrogen-bond acceptors (Lipinski definition) is 4. The van der Waals surface area contributed by atoms with Crippen LogP contribution in [0.3, 0.4) is 0 Å². The SMILES string of the molecule is COC(=O)C(N)CN1[C@H](C)CCC[C@@H]1C. The molecule has 1 fully saturated rings. The summed E-state index contributed by atoms with van der Waals surface area (Å²) in [5.74, 6) is -0.319. The Morgan fingerprint density at radius 1 is 1.47 bits per heavy atom. The molecule has 1 unspecified atom stereocenters. The first-order chi connectivity index (χ1) is 7.06. The molecule has 88 valence electrons. The molecular formula is C11H22N2O2. The predicted octanol–water partition coefficient (Wildman–Crippen LogP) is 0.750. The van der Waals surface area contributed by atoms with Gasteiger partial charge in [-0.3, -0.25) is 9.69 Å². The third-order valence-corrected chi connectivity index (χ3v) is 3.29. The van der Waals surface area contributed by atoms with Gasteiger partial charge in [0.15, 0.2) is 0 Å². The summed E-state index contributed by atoms with van der Waals surface area (Å²) in [6, 6.07) is 0.520. The van der Waals surface area contributed by atoms with Gasteiger partial charge in [-0.05, 0) is 26.7 Å². The van der Waals surface area contributed by atoms with E-state index in [9.17, 15) is 4.79 Å². The number of rotatable bonds is 3. The van der Waals surface area contributed by atoms with E-state index in [0.29, 0.717) is 18.6 Å². The number of piperidine rings is 1. The molecule has 0 radical (unpaired) electrons. The normalized spacial score (nSPS) is 29.9. The molecule has 1 saturated heterocycles. The summed E-state index contributed by atoms with van der Waals surface area (Å²) in [5, 5.41) is 0. The summed E-state index contributed by atoms with van der Waals surface area (Å²) in [6.45, 7) is 4.99. The lowest BCUT2D eigenvalue weighted by atomic mass is 9.97. The fourth-order valence-corrected chi connectivity index (χ4v) is 2.29. The second kappa shape index (κ2) is 5.47. The van der Waals surface area contributed by atoms with Gasteiger partial charge >= 0.3 is 5.97 Å². The van der Waals surface area contributed by atoms with Crippen molar-refractivity contribution in [3.63, 3.8) is 0 Å². The number of nitrogens with zero attached hydrogens (tertiary/aromatic N) is 1. The first kappa shape index (κ1) is 12.5. The van der Waals surface area contributed by atoms with Crippen molar-refractivity contribution in [3.8, 4) is 0 Å². The highest BCUT2D eigenvalue weighted by atomic mass is 16.5. The summed E-state index contributed by atoms with van der Waals surface area (Å²) in [4.78, 5) is 13.5. The molecule has 0 aromatic heterocycles. The van der Waals surface area contributed by atoms with Crippen LogP contribution in [0.1, 0.15) is 33.1 Å². The van der Waals surface area contributed by atoms with Gasteiger partial charge in [-0.1, -0.05) is 6.42 Å². The molecule has 1 aliphatic rings. The number of nitrogens with two attached hydrogens (primary N) is 1. The minimum Gasteiger partial charge on any atom is -0.468 e. The number of methoxy groups -OCH3 is 1. The average molecular weight is 214 g/mol. The Morgan fingerprint density at radius 3 is 2.47 bits per heavy atom. The molecule has 1 heterocycles. The number of hydrogen-bond donors (Lipinski definition) is 1. The van der Waals surface area contributed by atoms with Crippen LogP contribution < -0.4 is 5.73 Å². The van der Waals surface area contributed by atoms with Gasteiger partial charge < -0.3 is 10.5 Å². The van der Waals surface area contributed by atoms with Gasteiger partial charge in [-0.2, -0.15) is 0 Å². The van der Waals surface area contributed by atoms with Crippen LogP contribution in [0.4, 0.5) is 0 Å². The molecule has 1 aliphatic heterocycles. The molecule has 4 nitrogen and oxygen atoms in total. The van der Waals surface area contributed by atoms with E-state index in [2.05, 4.69) is 23.5 Å². The van der Waals surface area contributed by atoms with Crippen molar-refractivity contribution in [1.29, 1.82) is 0 Å². The Morgan fingerprint density at radius 2 is 2.00 bits per heavy atom. The van der Waals surface area contributed by atoms with Crippen molar-refractivity contribution in [2.75, 3.05) is 13.7 Å². The van der Waals surface area contributed by atoms with E-state index in [1.807, 2.05) is 0 Å². The molecule has 4 heteroatoms. The highest BCUT2D eigenvalue weighted by Crippen LogP contribution is 2.22. The molecule has 0 aliphatic carbocycles. The number of likely N-dealkylation sites (tertiary alicyclic amines) is 1. The summed E-state index contributed by atoms with van der Waals surface area (Å²) < 4.78 is 4.63. The molecule has 1 rings (SSSR count). The third kappa shape index (κ3) is 3.18. The van der Waals surface area contributed by atoms with Crippen molar-refractivity contribution in [1.82, 2.24) is 4.90 Å². The van der Waals surface area contributed by atoms with Gasteiger partial charge in [-0.15, -0.1) is 0 Å². The summed E-state index contributed by atoms with van der Waals surface area (Å²) in [6.07, 6.45) is 3.66. The quantitative estimate of drug-likeness (QED) is 0.704. The molecule has 0 amide bonds. The maximum atomic E-state index is 11.2. The first-order valence-corrected chi connectivity index (χ1v) is 5.65. The van der Waals surface area contributed by atoms with E-state index < -0.39 is 6.04 Å². The highest BCUT2D eigenvalue weighted by Gasteiger charge is 2.28.